The van der Waals surface area contributed by atoms with Gasteiger partial charge in [0.2, 0.25) is 21.8 Å². The predicted octanol–water partition coefficient (Wildman–Crippen LogP) is 3.79. The number of anilines is 2. The molecule has 0 bridgehead atoms. The molecule has 3 amide bonds. The van der Waals surface area contributed by atoms with Gasteiger partial charge in [0, 0.05) is 31.1 Å². The molecule has 4 rings (SSSR count). The van der Waals surface area contributed by atoms with E-state index < -0.39 is 33.8 Å². The number of carbonyl (C=O) groups is 4. The van der Waals surface area contributed by atoms with Gasteiger partial charge in [-0.3, -0.25) is 19.2 Å². The van der Waals surface area contributed by atoms with Gasteiger partial charge >= 0.3 is 5.97 Å². The van der Waals surface area contributed by atoms with E-state index in [-0.39, 0.29) is 41.6 Å². The lowest BCUT2D eigenvalue weighted by molar-refractivity contribution is -0.132. The number of rotatable bonds is 9. The molecule has 1 heterocycles. The van der Waals surface area contributed by atoms with E-state index in [9.17, 15) is 27.6 Å². The van der Waals surface area contributed by atoms with Gasteiger partial charge < -0.3 is 10.1 Å². The summed E-state index contributed by atoms with van der Waals surface area (Å²) in [5.74, 6) is -1.86. The minimum absolute atomic E-state index is 0.0982. The number of ether oxygens (including phenoxy) is 1. The molecule has 1 fully saturated rings. The summed E-state index contributed by atoms with van der Waals surface area (Å²) in [4.78, 5) is 50.0. The van der Waals surface area contributed by atoms with Gasteiger partial charge in [-0.1, -0.05) is 23.7 Å². The molecule has 3 aromatic carbocycles. The molecule has 12 heteroatoms. The Morgan fingerprint density at radius 1 is 1.02 bits per heavy atom. The number of hydrogen-bond donors (Lipinski definition) is 1. The van der Waals surface area contributed by atoms with E-state index in [2.05, 4.69) is 5.32 Å². The van der Waals surface area contributed by atoms with Crippen LogP contribution in [0.3, 0.4) is 0 Å². The van der Waals surface area contributed by atoms with Crippen molar-refractivity contribution in [3.63, 3.8) is 0 Å². The number of nitrogens with one attached hydrogen (secondary N) is 1. The number of hydrogen-bond acceptors (Lipinski definition) is 7. The Labute approximate surface area is 236 Å². The quantitative estimate of drug-likeness (QED) is 0.230. The van der Waals surface area contributed by atoms with Crippen molar-refractivity contribution in [2.24, 2.45) is 0 Å². The van der Waals surface area contributed by atoms with Crippen molar-refractivity contribution in [1.29, 1.82) is 0 Å². The lowest BCUT2D eigenvalue weighted by Crippen LogP contribution is -2.46. The lowest BCUT2D eigenvalue weighted by atomic mass is 10.1. The molecule has 208 valence electrons. The molecule has 1 unspecified atom stereocenters. The van der Waals surface area contributed by atoms with Crippen molar-refractivity contribution in [3.05, 3.63) is 83.4 Å². The first-order valence-corrected chi connectivity index (χ1v) is 14.1. The van der Waals surface area contributed by atoms with Crippen LogP contribution in [0.2, 0.25) is 5.02 Å². The molecular formula is C28H26ClN3O7S. The van der Waals surface area contributed by atoms with Crippen molar-refractivity contribution in [2.75, 3.05) is 16.8 Å². The summed E-state index contributed by atoms with van der Waals surface area (Å²) in [6, 6.07) is 17.0. The first-order chi connectivity index (χ1) is 19.0. The summed E-state index contributed by atoms with van der Waals surface area (Å²) in [7, 11) is -4.26. The van der Waals surface area contributed by atoms with Gasteiger partial charge in [-0.05, 0) is 72.6 Å². The van der Waals surface area contributed by atoms with Crippen LogP contribution in [-0.2, 0) is 35.6 Å². The number of esters is 1. The summed E-state index contributed by atoms with van der Waals surface area (Å²) in [6.07, 6.45) is -0.123. The molecule has 1 aliphatic heterocycles. The molecule has 0 aliphatic carbocycles. The highest BCUT2D eigenvalue weighted by molar-refractivity contribution is 7.89. The zero-order valence-electron chi connectivity index (χ0n) is 21.7. The van der Waals surface area contributed by atoms with Crippen LogP contribution in [-0.4, -0.2) is 49.0 Å². The second-order valence-corrected chi connectivity index (χ2v) is 11.4. The average molecular weight is 584 g/mol. The summed E-state index contributed by atoms with van der Waals surface area (Å²) in [5.41, 5.74) is 1.39. The second-order valence-electron chi connectivity index (χ2n) is 9.08. The van der Waals surface area contributed by atoms with Crippen LogP contribution in [0.1, 0.15) is 25.8 Å². The van der Waals surface area contributed by atoms with Crippen LogP contribution in [0, 0.1) is 0 Å². The summed E-state index contributed by atoms with van der Waals surface area (Å²) in [5, 5.41) is 3.06. The number of amides is 3. The highest BCUT2D eigenvalue weighted by Gasteiger charge is 2.46. The Hall–Kier alpha value is -4.06. The molecule has 1 atom stereocenters. The standard InChI is InChI=1S/C28H26ClN3O7S/c1-18(33)30-22-6-12-25(13-7-22)40(37,38)31(15-14-20-4-3-5-21(29)16-20)26-17-27(35)32(28(26)36)23-8-10-24(11-9-23)39-19(2)34/h3-13,16,26H,14-15,17H2,1-2H3,(H,30,33). The minimum Gasteiger partial charge on any atom is -0.427 e. The molecule has 0 saturated carbocycles. The van der Waals surface area contributed by atoms with E-state index in [1.165, 1.54) is 62.4 Å². The van der Waals surface area contributed by atoms with Gasteiger partial charge in [-0.15, -0.1) is 0 Å². The van der Waals surface area contributed by atoms with Crippen molar-refractivity contribution >= 4 is 56.7 Å². The maximum atomic E-state index is 13.9. The number of halogens is 1. The van der Waals surface area contributed by atoms with Gasteiger partial charge in [0.15, 0.2) is 0 Å². The van der Waals surface area contributed by atoms with Gasteiger partial charge in [0.25, 0.3) is 5.91 Å². The van der Waals surface area contributed by atoms with Crippen molar-refractivity contribution in [1.82, 2.24) is 4.31 Å². The fraction of sp³-hybridized carbons (Fsp3) is 0.214. The largest absolute Gasteiger partial charge is 0.427 e. The smallest absolute Gasteiger partial charge is 0.308 e. The molecule has 0 radical (unpaired) electrons. The third-order valence-corrected chi connectivity index (χ3v) is 8.28. The third kappa shape index (κ3) is 6.56. The highest BCUT2D eigenvalue weighted by Crippen LogP contribution is 2.31. The Balaban J connectivity index is 1.66. The first kappa shape index (κ1) is 28.9. The molecule has 1 N–H and O–H groups in total. The van der Waals surface area contributed by atoms with E-state index in [0.29, 0.717) is 10.7 Å². The molecule has 1 aliphatic rings. The van der Waals surface area contributed by atoms with E-state index in [1.807, 2.05) is 0 Å². The van der Waals surface area contributed by atoms with Gasteiger partial charge in [-0.25, -0.2) is 13.3 Å². The van der Waals surface area contributed by atoms with Gasteiger partial charge in [0.05, 0.1) is 17.0 Å². The lowest BCUT2D eigenvalue weighted by Gasteiger charge is -2.27. The number of sulfonamides is 1. The zero-order valence-corrected chi connectivity index (χ0v) is 23.2. The molecule has 10 nitrogen and oxygen atoms in total. The van der Waals surface area contributed by atoms with Crippen molar-refractivity contribution in [2.45, 2.75) is 37.6 Å². The summed E-state index contributed by atoms with van der Waals surface area (Å²) < 4.78 is 33.8. The predicted molar refractivity (Wildman–Crippen MR) is 148 cm³/mol. The van der Waals surface area contributed by atoms with Gasteiger partial charge in [-0.2, -0.15) is 4.31 Å². The van der Waals surface area contributed by atoms with Gasteiger partial charge in [0.1, 0.15) is 11.8 Å². The summed E-state index contributed by atoms with van der Waals surface area (Å²) >= 11 is 6.10. The Morgan fingerprint density at radius 2 is 1.70 bits per heavy atom. The SMILES string of the molecule is CC(=O)Nc1ccc(S(=O)(=O)N(CCc2cccc(Cl)c2)C2CC(=O)N(c3ccc(OC(C)=O)cc3)C2=O)cc1. The van der Waals surface area contributed by atoms with E-state index in [4.69, 9.17) is 16.3 Å². The highest BCUT2D eigenvalue weighted by atomic mass is 35.5. The maximum Gasteiger partial charge on any atom is 0.308 e. The topological polar surface area (TPSA) is 130 Å². The van der Waals surface area contributed by atoms with E-state index >= 15 is 0 Å². The molecule has 1 saturated heterocycles. The Morgan fingerprint density at radius 3 is 2.30 bits per heavy atom. The molecule has 40 heavy (non-hydrogen) atoms. The van der Waals surface area contributed by atoms with E-state index in [0.717, 1.165) is 14.8 Å². The fourth-order valence-electron chi connectivity index (χ4n) is 4.37. The number of nitrogens with zero attached hydrogens (tertiary/aromatic N) is 2. The van der Waals surface area contributed by atoms with Crippen LogP contribution < -0.4 is 15.0 Å². The molecular weight excluding hydrogens is 558 g/mol. The van der Waals surface area contributed by atoms with Crippen LogP contribution in [0.4, 0.5) is 11.4 Å². The molecule has 0 aromatic heterocycles. The molecule has 0 spiro atoms. The normalized spacial score (nSPS) is 15.4. The first-order valence-electron chi connectivity index (χ1n) is 12.2. The molecule has 3 aromatic rings. The monoisotopic (exact) mass is 583 g/mol. The second kappa shape index (κ2) is 12.0. The van der Waals surface area contributed by atoms with Crippen molar-refractivity contribution < 1.29 is 32.3 Å². The van der Waals surface area contributed by atoms with Crippen molar-refractivity contribution in [3.8, 4) is 5.75 Å². The van der Waals surface area contributed by atoms with Crippen LogP contribution in [0.5, 0.6) is 5.75 Å². The third-order valence-electron chi connectivity index (χ3n) is 6.12. The zero-order chi connectivity index (χ0) is 29.0. The Kier molecular flexibility index (Phi) is 8.67. The average Bonchev–Trinajstić information content (AvgIpc) is 3.17. The fourth-order valence-corrected chi connectivity index (χ4v) is 6.16. The number of imide groups is 1. The van der Waals surface area contributed by atoms with E-state index in [1.54, 1.807) is 24.3 Å². The van der Waals surface area contributed by atoms with Crippen LogP contribution in [0.25, 0.3) is 0 Å². The maximum absolute atomic E-state index is 13.9. The van der Waals surface area contributed by atoms with Crippen LogP contribution >= 0.6 is 11.6 Å². The summed E-state index contributed by atoms with van der Waals surface area (Å²) in [6.45, 7) is 2.48. The minimum atomic E-state index is -4.26. The Bertz CT molecular complexity index is 1560. The van der Waals surface area contributed by atoms with Crippen LogP contribution in [0.15, 0.2) is 77.7 Å². The number of benzene rings is 3. The number of carbonyl (C=O) groups excluding carboxylic acids is 4.